The minimum absolute atomic E-state index is 0.111. The van der Waals surface area contributed by atoms with E-state index in [1.807, 2.05) is 13.0 Å². The molecule has 0 aliphatic heterocycles. The summed E-state index contributed by atoms with van der Waals surface area (Å²) in [7, 11) is 0. The Balaban J connectivity index is 2.50. The summed E-state index contributed by atoms with van der Waals surface area (Å²) in [5, 5.41) is 3.73. The van der Waals surface area contributed by atoms with Crippen LogP contribution in [-0.4, -0.2) is 12.1 Å². The minimum Gasteiger partial charge on any atom is -0.463 e. The van der Waals surface area contributed by atoms with Crippen molar-refractivity contribution in [2.45, 2.75) is 20.3 Å². The van der Waals surface area contributed by atoms with Gasteiger partial charge >= 0.3 is 0 Å². The molecule has 0 unspecified atom stereocenters. The lowest BCUT2D eigenvalue weighted by atomic mass is 10.3. The Labute approximate surface area is 76.6 Å². The lowest BCUT2D eigenvalue weighted by Crippen LogP contribution is -2.15. The third kappa shape index (κ3) is 2.74. The average molecular weight is 180 g/mol. The van der Waals surface area contributed by atoms with E-state index in [9.17, 15) is 4.79 Å². The van der Waals surface area contributed by atoms with E-state index in [-0.39, 0.29) is 5.91 Å². The number of nitrogens with one attached hydrogen (secondary N) is 1. The van der Waals surface area contributed by atoms with E-state index in [1.165, 1.54) is 6.21 Å². The third-order valence-electron chi connectivity index (χ3n) is 1.59. The van der Waals surface area contributed by atoms with Gasteiger partial charge in [-0.1, -0.05) is 6.92 Å². The van der Waals surface area contributed by atoms with Crippen LogP contribution in [0.25, 0.3) is 0 Å². The van der Waals surface area contributed by atoms with Gasteiger partial charge < -0.3 is 4.42 Å². The molecule has 4 heteroatoms. The first-order valence-corrected chi connectivity index (χ1v) is 4.10. The van der Waals surface area contributed by atoms with Gasteiger partial charge in [-0.3, -0.25) is 4.79 Å². The number of furan rings is 1. The summed E-state index contributed by atoms with van der Waals surface area (Å²) in [6.07, 6.45) is 3.50. The second-order valence-corrected chi connectivity index (χ2v) is 2.61. The maximum atomic E-state index is 10.8. The molecule has 0 saturated heterocycles. The van der Waals surface area contributed by atoms with Crippen molar-refractivity contribution in [1.82, 2.24) is 5.43 Å². The van der Waals surface area contributed by atoms with Gasteiger partial charge in [-0.25, -0.2) is 5.43 Å². The summed E-state index contributed by atoms with van der Waals surface area (Å²) in [5.41, 5.74) is 3.36. The predicted molar refractivity (Wildman–Crippen MR) is 49.5 cm³/mol. The molecule has 0 aliphatic rings. The largest absolute Gasteiger partial charge is 0.463 e. The molecule has 1 amide bonds. The Morgan fingerprint density at radius 2 is 2.54 bits per heavy atom. The number of nitrogens with zero attached hydrogens (tertiary/aromatic N) is 1. The van der Waals surface area contributed by atoms with Crippen LogP contribution in [0.5, 0.6) is 0 Å². The SMILES string of the molecule is CCC(=O)N/N=C/c1occc1C. The normalized spacial score (nSPS) is 10.6. The summed E-state index contributed by atoms with van der Waals surface area (Å²) in [5.74, 6) is 0.553. The van der Waals surface area contributed by atoms with E-state index >= 15 is 0 Å². The Morgan fingerprint density at radius 3 is 3.08 bits per heavy atom. The van der Waals surface area contributed by atoms with Gasteiger partial charge in [0.1, 0.15) is 5.76 Å². The van der Waals surface area contributed by atoms with Gasteiger partial charge in [-0.15, -0.1) is 0 Å². The van der Waals surface area contributed by atoms with Gasteiger partial charge in [-0.05, 0) is 18.6 Å². The summed E-state index contributed by atoms with van der Waals surface area (Å²) in [6.45, 7) is 3.68. The van der Waals surface area contributed by atoms with Crippen molar-refractivity contribution in [3.63, 3.8) is 0 Å². The van der Waals surface area contributed by atoms with Crippen LogP contribution in [0.4, 0.5) is 0 Å². The zero-order valence-electron chi connectivity index (χ0n) is 7.70. The molecule has 0 aliphatic carbocycles. The van der Waals surface area contributed by atoms with Crippen LogP contribution in [0.15, 0.2) is 21.8 Å². The van der Waals surface area contributed by atoms with Crippen molar-refractivity contribution < 1.29 is 9.21 Å². The first-order chi connectivity index (χ1) is 6.24. The fourth-order valence-electron chi connectivity index (χ4n) is 0.759. The minimum atomic E-state index is -0.111. The Bertz CT molecular complexity index is 315. The molecule has 0 spiro atoms. The zero-order valence-corrected chi connectivity index (χ0v) is 7.70. The van der Waals surface area contributed by atoms with Crippen molar-refractivity contribution in [3.05, 3.63) is 23.7 Å². The van der Waals surface area contributed by atoms with Gasteiger partial charge in [0.2, 0.25) is 5.91 Å². The van der Waals surface area contributed by atoms with E-state index < -0.39 is 0 Å². The molecule has 1 rings (SSSR count). The third-order valence-corrected chi connectivity index (χ3v) is 1.59. The highest BCUT2D eigenvalue weighted by Gasteiger charge is 1.97. The van der Waals surface area contributed by atoms with Crippen molar-refractivity contribution in [3.8, 4) is 0 Å². The monoisotopic (exact) mass is 180 g/mol. The molecule has 0 aromatic carbocycles. The molecule has 1 aromatic rings. The standard InChI is InChI=1S/C9H12N2O2/c1-3-9(12)11-10-6-8-7(2)4-5-13-8/h4-6H,3H2,1-2H3,(H,11,12)/b10-6+. The number of aryl methyl sites for hydroxylation is 1. The first-order valence-electron chi connectivity index (χ1n) is 4.10. The lowest BCUT2D eigenvalue weighted by molar-refractivity contribution is -0.120. The number of carbonyl (C=O) groups excluding carboxylic acids is 1. The maximum absolute atomic E-state index is 10.8. The summed E-state index contributed by atoms with van der Waals surface area (Å²) < 4.78 is 5.08. The summed E-state index contributed by atoms with van der Waals surface area (Å²) in [4.78, 5) is 10.8. The van der Waals surface area contributed by atoms with Crippen LogP contribution in [0.3, 0.4) is 0 Å². The van der Waals surface area contributed by atoms with E-state index in [2.05, 4.69) is 10.5 Å². The Hall–Kier alpha value is -1.58. The molecule has 0 fully saturated rings. The molecule has 70 valence electrons. The van der Waals surface area contributed by atoms with Gasteiger partial charge in [0.25, 0.3) is 0 Å². The molecule has 1 aromatic heterocycles. The highest BCUT2D eigenvalue weighted by molar-refractivity contribution is 5.81. The van der Waals surface area contributed by atoms with Crippen molar-refractivity contribution >= 4 is 12.1 Å². The van der Waals surface area contributed by atoms with E-state index in [0.29, 0.717) is 12.2 Å². The molecule has 13 heavy (non-hydrogen) atoms. The highest BCUT2D eigenvalue weighted by atomic mass is 16.3. The number of carbonyl (C=O) groups is 1. The van der Waals surface area contributed by atoms with Gasteiger partial charge in [-0.2, -0.15) is 5.10 Å². The molecule has 0 radical (unpaired) electrons. The summed E-state index contributed by atoms with van der Waals surface area (Å²) in [6, 6.07) is 1.84. The number of hydrogen-bond acceptors (Lipinski definition) is 3. The average Bonchev–Trinajstić information content (AvgIpc) is 2.52. The topological polar surface area (TPSA) is 54.6 Å². The molecule has 1 N–H and O–H groups in total. The lowest BCUT2D eigenvalue weighted by Gasteiger charge is -1.92. The van der Waals surface area contributed by atoms with Gasteiger partial charge in [0.15, 0.2) is 0 Å². The number of hydrazone groups is 1. The molecular formula is C9H12N2O2. The Kier molecular flexibility index (Phi) is 3.25. The fourth-order valence-corrected chi connectivity index (χ4v) is 0.759. The maximum Gasteiger partial charge on any atom is 0.239 e. The molecule has 0 atom stereocenters. The molecule has 1 heterocycles. The fraction of sp³-hybridized carbons (Fsp3) is 0.333. The molecule has 0 saturated carbocycles. The van der Waals surface area contributed by atoms with Crippen molar-refractivity contribution in [2.75, 3.05) is 0 Å². The van der Waals surface area contributed by atoms with E-state index in [1.54, 1.807) is 13.2 Å². The van der Waals surface area contributed by atoms with E-state index in [0.717, 1.165) is 5.56 Å². The highest BCUT2D eigenvalue weighted by Crippen LogP contribution is 2.04. The second kappa shape index (κ2) is 4.45. The molecular weight excluding hydrogens is 168 g/mol. The van der Waals surface area contributed by atoms with Crippen molar-refractivity contribution in [2.24, 2.45) is 5.10 Å². The summed E-state index contributed by atoms with van der Waals surface area (Å²) >= 11 is 0. The van der Waals surface area contributed by atoms with Crippen LogP contribution >= 0.6 is 0 Å². The molecule has 4 nitrogen and oxygen atoms in total. The smallest absolute Gasteiger partial charge is 0.239 e. The van der Waals surface area contributed by atoms with Crippen LogP contribution < -0.4 is 5.43 Å². The van der Waals surface area contributed by atoms with Crippen LogP contribution in [0.1, 0.15) is 24.7 Å². The van der Waals surface area contributed by atoms with Crippen LogP contribution in [0.2, 0.25) is 0 Å². The Morgan fingerprint density at radius 1 is 1.77 bits per heavy atom. The quantitative estimate of drug-likeness (QED) is 0.565. The van der Waals surface area contributed by atoms with Gasteiger partial charge in [0, 0.05) is 6.42 Å². The van der Waals surface area contributed by atoms with Crippen molar-refractivity contribution in [1.29, 1.82) is 0 Å². The molecule has 0 bridgehead atoms. The predicted octanol–water partition coefficient (Wildman–Crippen LogP) is 1.45. The number of hydrogen-bond donors (Lipinski definition) is 1. The second-order valence-electron chi connectivity index (χ2n) is 2.61. The van der Waals surface area contributed by atoms with Crippen LogP contribution in [-0.2, 0) is 4.79 Å². The zero-order chi connectivity index (χ0) is 9.68. The van der Waals surface area contributed by atoms with E-state index in [4.69, 9.17) is 4.42 Å². The van der Waals surface area contributed by atoms with Crippen LogP contribution in [0, 0.1) is 6.92 Å². The van der Waals surface area contributed by atoms with Gasteiger partial charge in [0.05, 0.1) is 12.5 Å². The number of amides is 1. The number of rotatable bonds is 3. The first kappa shape index (κ1) is 9.51.